The van der Waals surface area contributed by atoms with Crippen LogP contribution in [0.3, 0.4) is 0 Å². The molecular weight excluding hydrogens is 198 g/mol. The van der Waals surface area contributed by atoms with Gasteiger partial charge in [-0.3, -0.25) is 4.79 Å². The van der Waals surface area contributed by atoms with E-state index in [1.807, 2.05) is 0 Å². The molecule has 1 rings (SSSR count). The molecule has 0 aromatic carbocycles. The summed E-state index contributed by atoms with van der Waals surface area (Å²) in [5.74, 6) is 0.376. The standard InChI is InChI=1S/C9H15N3O3/c1-7-10-11-8(4-2-3-5-13)12(7)6-9(14)15/h13H,2-6H2,1H3,(H,14,15). The molecule has 1 aromatic rings. The molecule has 1 aromatic heterocycles. The van der Waals surface area contributed by atoms with Crippen molar-refractivity contribution in [3.05, 3.63) is 11.6 Å². The number of carboxylic acids is 1. The predicted octanol–water partition coefficient (Wildman–Crippen LogP) is -0.0139. The molecule has 0 aliphatic heterocycles. The summed E-state index contributed by atoms with van der Waals surface area (Å²) in [4.78, 5) is 10.6. The molecule has 0 atom stereocenters. The summed E-state index contributed by atoms with van der Waals surface area (Å²) < 4.78 is 1.58. The molecule has 6 heteroatoms. The Morgan fingerprint density at radius 1 is 1.40 bits per heavy atom. The summed E-state index contributed by atoms with van der Waals surface area (Å²) in [7, 11) is 0. The van der Waals surface area contributed by atoms with Gasteiger partial charge in [0.2, 0.25) is 0 Å². The van der Waals surface area contributed by atoms with E-state index in [4.69, 9.17) is 10.2 Å². The van der Waals surface area contributed by atoms with Crippen LogP contribution in [0.1, 0.15) is 24.5 Å². The van der Waals surface area contributed by atoms with Gasteiger partial charge in [-0.1, -0.05) is 0 Å². The van der Waals surface area contributed by atoms with Crippen LogP contribution in [0.15, 0.2) is 0 Å². The minimum absolute atomic E-state index is 0.104. The second-order valence-corrected chi connectivity index (χ2v) is 3.32. The van der Waals surface area contributed by atoms with Gasteiger partial charge < -0.3 is 14.8 Å². The Balaban J connectivity index is 2.66. The lowest BCUT2D eigenvalue weighted by molar-refractivity contribution is -0.137. The van der Waals surface area contributed by atoms with E-state index in [0.717, 1.165) is 6.42 Å². The molecule has 0 spiro atoms. The van der Waals surface area contributed by atoms with Gasteiger partial charge in [0.15, 0.2) is 0 Å². The van der Waals surface area contributed by atoms with Gasteiger partial charge in [-0.05, 0) is 19.8 Å². The summed E-state index contributed by atoms with van der Waals surface area (Å²) >= 11 is 0. The number of aliphatic hydroxyl groups is 1. The quantitative estimate of drug-likeness (QED) is 0.649. The van der Waals surface area contributed by atoms with Gasteiger partial charge in [0.25, 0.3) is 0 Å². The first-order valence-electron chi connectivity index (χ1n) is 4.86. The number of hydrogen-bond donors (Lipinski definition) is 2. The third-order valence-corrected chi connectivity index (χ3v) is 2.11. The third kappa shape index (κ3) is 3.32. The van der Waals surface area contributed by atoms with Crippen molar-refractivity contribution in [3.63, 3.8) is 0 Å². The molecule has 0 bridgehead atoms. The van der Waals surface area contributed by atoms with Crippen LogP contribution in [0.5, 0.6) is 0 Å². The van der Waals surface area contributed by atoms with E-state index in [1.54, 1.807) is 11.5 Å². The fraction of sp³-hybridized carbons (Fsp3) is 0.667. The highest BCUT2D eigenvalue weighted by atomic mass is 16.4. The molecule has 0 radical (unpaired) electrons. The second kappa shape index (κ2) is 5.45. The van der Waals surface area contributed by atoms with Gasteiger partial charge in [-0.15, -0.1) is 10.2 Å². The van der Waals surface area contributed by atoms with Gasteiger partial charge >= 0.3 is 5.97 Å². The Labute approximate surface area is 87.6 Å². The van der Waals surface area contributed by atoms with Crippen molar-refractivity contribution in [1.82, 2.24) is 14.8 Å². The summed E-state index contributed by atoms with van der Waals surface area (Å²) in [6.45, 7) is 1.77. The molecule has 0 fully saturated rings. The maximum Gasteiger partial charge on any atom is 0.323 e. The first-order valence-corrected chi connectivity index (χ1v) is 4.86. The highest BCUT2D eigenvalue weighted by Crippen LogP contribution is 2.05. The molecule has 6 nitrogen and oxygen atoms in total. The molecule has 0 unspecified atom stereocenters. The van der Waals surface area contributed by atoms with Crippen molar-refractivity contribution in [3.8, 4) is 0 Å². The molecule has 0 saturated carbocycles. The molecular formula is C9H15N3O3. The summed E-state index contributed by atoms with van der Waals surface area (Å²) in [6, 6.07) is 0. The Kier molecular flexibility index (Phi) is 4.23. The molecule has 0 amide bonds. The number of nitrogens with zero attached hydrogens (tertiary/aromatic N) is 3. The lowest BCUT2D eigenvalue weighted by atomic mass is 10.2. The monoisotopic (exact) mass is 213 g/mol. The van der Waals surface area contributed by atoms with Crippen LogP contribution in [0.25, 0.3) is 0 Å². The second-order valence-electron chi connectivity index (χ2n) is 3.32. The van der Waals surface area contributed by atoms with Crippen molar-refractivity contribution in [1.29, 1.82) is 0 Å². The SMILES string of the molecule is Cc1nnc(CCCCO)n1CC(=O)O. The van der Waals surface area contributed by atoms with Crippen LogP contribution >= 0.6 is 0 Å². The van der Waals surface area contributed by atoms with Crippen molar-refractivity contribution < 1.29 is 15.0 Å². The molecule has 0 aliphatic carbocycles. The highest BCUT2D eigenvalue weighted by Gasteiger charge is 2.10. The minimum Gasteiger partial charge on any atom is -0.480 e. The number of rotatable bonds is 6. The van der Waals surface area contributed by atoms with Gasteiger partial charge in [0.1, 0.15) is 18.2 Å². The zero-order chi connectivity index (χ0) is 11.3. The van der Waals surface area contributed by atoms with Crippen LogP contribution in [0.2, 0.25) is 0 Å². The predicted molar refractivity (Wildman–Crippen MR) is 52.4 cm³/mol. The van der Waals surface area contributed by atoms with Crippen molar-refractivity contribution in [2.45, 2.75) is 32.7 Å². The van der Waals surface area contributed by atoms with E-state index in [9.17, 15) is 4.79 Å². The normalized spacial score (nSPS) is 10.5. The van der Waals surface area contributed by atoms with Crippen molar-refractivity contribution in [2.75, 3.05) is 6.61 Å². The smallest absolute Gasteiger partial charge is 0.323 e. The molecule has 0 saturated heterocycles. The number of hydrogen-bond acceptors (Lipinski definition) is 4. The molecule has 2 N–H and O–H groups in total. The van der Waals surface area contributed by atoms with Gasteiger partial charge in [0, 0.05) is 13.0 Å². The first kappa shape index (κ1) is 11.6. The zero-order valence-corrected chi connectivity index (χ0v) is 8.68. The lowest BCUT2D eigenvalue weighted by Crippen LogP contribution is -2.13. The largest absolute Gasteiger partial charge is 0.480 e. The fourth-order valence-electron chi connectivity index (χ4n) is 1.35. The number of unbranched alkanes of at least 4 members (excludes halogenated alkanes) is 1. The number of aliphatic carboxylic acids is 1. The van der Waals surface area contributed by atoms with Crippen LogP contribution < -0.4 is 0 Å². The number of aryl methyl sites for hydroxylation is 2. The van der Waals surface area contributed by atoms with Crippen molar-refractivity contribution in [2.24, 2.45) is 0 Å². The summed E-state index contributed by atoms with van der Waals surface area (Å²) in [5.41, 5.74) is 0. The zero-order valence-electron chi connectivity index (χ0n) is 8.68. The summed E-state index contributed by atoms with van der Waals surface area (Å²) in [5, 5.41) is 25.1. The molecule has 84 valence electrons. The van der Waals surface area contributed by atoms with Gasteiger partial charge in [0.05, 0.1) is 0 Å². The number of aliphatic hydroxyl groups excluding tert-OH is 1. The highest BCUT2D eigenvalue weighted by molar-refractivity contribution is 5.66. The van der Waals surface area contributed by atoms with Crippen LogP contribution in [-0.2, 0) is 17.8 Å². The Morgan fingerprint density at radius 3 is 2.73 bits per heavy atom. The van der Waals surface area contributed by atoms with Crippen LogP contribution in [0, 0.1) is 6.92 Å². The fourth-order valence-corrected chi connectivity index (χ4v) is 1.35. The Hall–Kier alpha value is -1.43. The maximum atomic E-state index is 10.6. The van der Waals surface area contributed by atoms with Gasteiger partial charge in [-0.2, -0.15) is 0 Å². The minimum atomic E-state index is -0.902. The van der Waals surface area contributed by atoms with Crippen molar-refractivity contribution >= 4 is 5.97 Å². The average Bonchev–Trinajstić information content (AvgIpc) is 2.49. The van der Waals surface area contributed by atoms with E-state index in [1.165, 1.54) is 0 Å². The van der Waals surface area contributed by atoms with E-state index in [0.29, 0.717) is 24.5 Å². The molecule has 15 heavy (non-hydrogen) atoms. The van der Waals surface area contributed by atoms with E-state index in [2.05, 4.69) is 10.2 Å². The number of carbonyl (C=O) groups is 1. The Morgan fingerprint density at radius 2 is 2.13 bits per heavy atom. The average molecular weight is 213 g/mol. The topological polar surface area (TPSA) is 88.2 Å². The first-order chi connectivity index (χ1) is 7.15. The van der Waals surface area contributed by atoms with E-state index >= 15 is 0 Å². The maximum absolute atomic E-state index is 10.6. The number of carboxylic acid groups (broad SMARTS) is 1. The van der Waals surface area contributed by atoms with E-state index < -0.39 is 5.97 Å². The van der Waals surface area contributed by atoms with Crippen LogP contribution in [-0.4, -0.2) is 37.6 Å². The van der Waals surface area contributed by atoms with Crippen LogP contribution in [0.4, 0.5) is 0 Å². The number of aromatic nitrogens is 3. The lowest BCUT2D eigenvalue weighted by Gasteiger charge is -2.04. The van der Waals surface area contributed by atoms with E-state index in [-0.39, 0.29) is 13.2 Å². The Bertz CT molecular complexity index is 335. The molecule has 0 aliphatic rings. The summed E-state index contributed by atoms with van der Waals surface area (Å²) in [6.07, 6.45) is 2.13. The molecule has 1 heterocycles. The third-order valence-electron chi connectivity index (χ3n) is 2.11. The van der Waals surface area contributed by atoms with Gasteiger partial charge in [-0.25, -0.2) is 0 Å².